The van der Waals surface area contributed by atoms with Crippen LogP contribution in [0.1, 0.15) is 0 Å². The summed E-state index contributed by atoms with van der Waals surface area (Å²) < 4.78 is 21.8. The maximum absolute atomic E-state index is 16.3. The van der Waals surface area contributed by atoms with E-state index in [1.54, 1.807) is 7.11 Å². The fourth-order valence-electron chi connectivity index (χ4n) is 7.19. The molecule has 0 heterocycles. The molecule has 0 bridgehead atoms. The highest BCUT2D eigenvalue weighted by Crippen LogP contribution is 2.49. The van der Waals surface area contributed by atoms with Crippen molar-refractivity contribution in [2.24, 2.45) is 0 Å². The van der Waals surface area contributed by atoms with Crippen molar-refractivity contribution in [1.82, 2.24) is 0 Å². The van der Waals surface area contributed by atoms with Crippen molar-refractivity contribution in [3.05, 3.63) is 133 Å². The summed E-state index contributed by atoms with van der Waals surface area (Å²) in [5, 5.41) is 16.5. The molecule has 9 aromatic rings. The highest BCUT2D eigenvalue weighted by molar-refractivity contribution is 7.86. The van der Waals surface area contributed by atoms with Crippen molar-refractivity contribution in [2.45, 2.75) is 0 Å². The Balaban J connectivity index is 1.45. The second-order valence-corrected chi connectivity index (χ2v) is 13.9. The predicted molar refractivity (Wildman–Crippen MR) is 180 cm³/mol. The molecule has 0 atom stereocenters. The molecule has 0 amide bonds. The molecule has 3 heteroatoms. The summed E-state index contributed by atoms with van der Waals surface area (Å²) in [4.78, 5) is 0. The van der Waals surface area contributed by atoms with E-state index in [-0.39, 0.29) is 0 Å². The molecule has 42 heavy (non-hydrogen) atoms. The van der Waals surface area contributed by atoms with Gasteiger partial charge in [-0.2, -0.15) is 0 Å². The third kappa shape index (κ3) is 3.08. The fourth-order valence-corrected chi connectivity index (χ4v) is 10.2. The smallest absolute Gasteiger partial charge is 0.172 e. The van der Waals surface area contributed by atoms with E-state index >= 15 is 4.57 Å². The van der Waals surface area contributed by atoms with E-state index in [9.17, 15) is 0 Å². The summed E-state index contributed by atoms with van der Waals surface area (Å²) in [7, 11) is -1.72. The first-order valence-corrected chi connectivity index (χ1v) is 15.9. The lowest BCUT2D eigenvalue weighted by Crippen LogP contribution is -2.26. The van der Waals surface area contributed by atoms with Gasteiger partial charge >= 0.3 is 0 Å². The number of hydrogen-bond donors (Lipinski definition) is 0. The number of ether oxygens (including phenoxy) is 1. The second-order valence-electron chi connectivity index (χ2n) is 11.2. The number of methoxy groups -OCH3 is 1. The molecule has 0 aliphatic carbocycles. The van der Waals surface area contributed by atoms with Crippen LogP contribution >= 0.6 is 7.14 Å². The Hall–Kier alpha value is -4.91. The van der Waals surface area contributed by atoms with Gasteiger partial charge in [-0.15, -0.1) is 0 Å². The van der Waals surface area contributed by atoms with Crippen LogP contribution in [0.5, 0.6) is 5.75 Å². The van der Waals surface area contributed by atoms with Crippen LogP contribution in [-0.2, 0) is 4.57 Å². The van der Waals surface area contributed by atoms with Gasteiger partial charge in [0.2, 0.25) is 0 Å². The second kappa shape index (κ2) is 8.55. The number of rotatable bonds is 4. The standard InChI is InChI=1S/C39H25O2P/c1-41-30-16-18-31(19-17-30)42(40,34-22-14-28-10-8-24-4-2-6-26-12-20-32(34)38(28)36(24)26)35-23-15-29-11-9-25-5-3-7-27-13-21-33(35)39(29)37(25)27/h2-23H,1H3. The Bertz CT molecular complexity index is 2340. The minimum atomic E-state index is -3.38. The molecule has 198 valence electrons. The molecule has 0 saturated carbocycles. The van der Waals surface area contributed by atoms with Gasteiger partial charge in [-0.05, 0) is 101 Å². The van der Waals surface area contributed by atoms with Crippen LogP contribution < -0.4 is 20.7 Å². The molecule has 0 aromatic heterocycles. The molecule has 0 spiro atoms. The highest BCUT2D eigenvalue weighted by Gasteiger charge is 2.34. The van der Waals surface area contributed by atoms with Crippen molar-refractivity contribution in [2.75, 3.05) is 7.11 Å². The first kappa shape index (κ1) is 23.8. The fraction of sp³-hybridized carbons (Fsp3) is 0.0256. The molecule has 0 N–H and O–H groups in total. The third-order valence-electron chi connectivity index (χ3n) is 9.13. The largest absolute Gasteiger partial charge is 0.497 e. The molecule has 9 rings (SSSR count). The summed E-state index contributed by atoms with van der Waals surface area (Å²) in [5.74, 6) is 0.746. The molecule has 2 nitrogen and oxygen atoms in total. The van der Waals surface area contributed by atoms with E-state index in [0.29, 0.717) is 0 Å². The maximum Gasteiger partial charge on any atom is 0.172 e. The molecule has 0 saturated heterocycles. The molecular formula is C39H25O2P. The minimum Gasteiger partial charge on any atom is -0.497 e. The summed E-state index contributed by atoms with van der Waals surface area (Å²) in [6.45, 7) is 0. The zero-order valence-electron chi connectivity index (χ0n) is 23.0. The summed E-state index contributed by atoms with van der Waals surface area (Å²) in [6, 6.07) is 46.6. The molecule has 0 aliphatic heterocycles. The van der Waals surface area contributed by atoms with Gasteiger partial charge in [-0.3, -0.25) is 0 Å². The Morgan fingerprint density at radius 1 is 0.429 bits per heavy atom. The van der Waals surface area contributed by atoms with Crippen LogP contribution in [0.3, 0.4) is 0 Å². The Morgan fingerprint density at radius 3 is 1.24 bits per heavy atom. The van der Waals surface area contributed by atoms with Crippen molar-refractivity contribution in [1.29, 1.82) is 0 Å². The third-order valence-corrected chi connectivity index (χ3v) is 12.3. The average molecular weight is 557 g/mol. The summed E-state index contributed by atoms with van der Waals surface area (Å²) in [6.07, 6.45) is 0. The lowest BCUT2D eigenvalue weighted by atomic mass is 9.94. The lowest BCUT2D eigenvalue weighted by molar-refractivity contribution is 0.415. The van der Waals surface area contributed by atoms with Crippen LogP contribution in [0.25, 0.3) is 64.6 Å². The van der Waals surface area contributed by atoms with E-state index < -0.39 is 7.14 Å². The quantitative estimate of drug-likeness (QED) is 0.160. The van der Waals surface area contributed by atoms with E-state index in [4.69, 9.17) is 4.74 Å². The monoisotopic (exact) mass is 556 g/mol. The SMILES string of the molecule is COc1ccc(P(=O)(c2ccc3ccc4cccc5ccc2c3c45)c2ccc3ccc4cccc5ccc2c3c45)cc1. The first-order chi connectivity index (χ1) is 20.6. The molecule has 9 aromatic carbocycles. The Kier molecular flexibility index (Phi) is 4.84. The zero-order valence-corrected chi connectivity index (χ0v) is 23.9. The molecule has 0 radical (unpaired) electrons. The Morgan fingerprint density at radius 2 is 0.810 bits per heavy atom. The van der Waals surface area contributed by atoms with Gasteiger partial charge in [0.15, 0.2) is 7.14 Å². The van der Waals surface area contributed by atoms with Gasteiger partial charge < -0.3 is 9.30 Å². The van der Waals surface area contributed by atoms with Crippen LogP contribution in [0.15, 0.2) is 133 Å². The summed E-state index contributed by atoms with van der Waals surface area (Å²) in [5.41, 5.74) is 0. The van der Waals surface area contributed by atoms with E-state index in [1.807, 2.05) is 24.3 Å². The van der Waals surface area contributed by atoms with Crippen LogP contribution in [0, 0.1) is 0 Å². The van der Waals surface area contributed by atoms with E-state index in [0.717, 1.165) is 43.2 Å². The van der Waals surface area contributed by atoms with Crippen LogP contribution in [-0.4, -0.2) is 7.11 Å². The molecule has 0 aliphatic rings. The van der Waals surface area contributed by atoms with Crippen LogP contribution in [0.2, 0.25) is 0 Å². The summed E-state index contributed by atoms with van der Waals surface area (Å²) >= 11 is 0. The highest BCUT2D eigenvalue weighted by atomic mass is 31.2. The van der Waals surface area contributed by atoms with E-state index in [1.165, 1.54) is 43.1 Å². The maximum atomic E-state index is 16.3. The van der Waals surface area contributed by atoms with Crippen molar-refractivity contribution < 1.29 is 9.30 Å². The van der Waals surface area contributed by atoms with Gasteiger partial charge in [0.25, 0.3) is 0 Å². The molecule has 0 fully saturated rings. The topological polar surface area (TPSA) is 26.3 Å². The van der Waals surface area contributed by atoms with Crippen molar-refractivity contribution >= 4 is 87.7 Å². The van der Waals surface area contributed by atoms with Crippen LogP contribution in [0.4, 0.5) is 0 Å². The predicted octanol–water partition coefficient (Wildman–Crippen LogP) is 9.13. The van der Waals surface area contributed by atoms with Crippen molar-refractivity contribution in [3.63, 3.8) is 0 Å². The normalized spacial score (nSPS) is 12.5. The van der Waals surface area contributed by atoms with Gasteiger partial charge in [0.05, 0.1) is 7.11 Å². The van der Waals surface area contributed by atoms with Gasteiger partial charge in [0, 0.05) is 15.9 Å². The Labute approximate surface area is 242 Å². The van der Waals surface area contributed by atoms with E-state index in [2.05, 4.69) is 109 Å². The van der Waals surface area contributed by atoms with Crippen molar-refractivity contribution in [3.8, 4) is 5.75 Å². The zero-order chi connectivity index (χ0) is 28.0. The molecular weight excluding hydrogens is 531 g/mol. The molecule has 0 unspecified atom stereocenters. The minimum absolute atomic E-state index is 0.746. The lowest BCUT2D eigenvalue weighted by Gasteiger charge is -2.25. The van der Waals surface area contributed by atoms with Gasteiger partial charge in [-0.25, -0.2) is 0 Å². The van der Waals surface area contributed by atoms with Gasteiger partial charge in [0.1, 0.15) is 5.75 Å². The first-order valence-electron chi connectivity index (χ1n) is 14.2. The average Bonchev–Trinajstić information content (AvgIpc) is 3.05. The number of benzene rings is 9. The van der Waals surface area contributed by atoms with Gasteiger partial charge in [-0.1, -0.05) is 97.1 Å². The number of hydrogen-bond acceptors (Lipinski definition) is 2.